The molecule has 0 spiro atoms. The molecule has 27 heavy (non-hydrogen) atoms. The zero-order valence-electron chi connectivity index (χ0n) is 15.3. The van der Waals surface area contributed by atoms with E-state index >= 15 is 0 Å². The van der Waals surface area contributed by atoms with Crippen LogP contribution >= 0.6 is 0 Å². The van der Waals surface area contributed by atoms with E-state index < -0.39 is 16.1 Å². The number of nitrogens with zero attached hydrogens (tertiary/aromatic N) is 1. The van der Waals surface area contributed by atoms with E-state index in [1.807, 2.05) is 36.8 Å². The first-order valence-electron chi connectivity index (χ1n) is 8.71. The van der Waals surface area contributed by atoms with Gasteiger partial charge in [0.15, 0.2) is 0 Å². The summed E-state index contributed by atoms with van der Waals surface area (Å²) in [5.41, 5.74) is 1.05. The average molecular weight is 392 g/mol. The lowest BCUT2D eigenvalue weighted by Crippen LogP contribution is -2.29. The van der Waals surface area contributed by atoms with Gasteiger partial charge >= 0.3 is 10.2 Å². The summed E-state index contributed by atoms with van der Waals surface area (Å²) in [5, 5.41) is 30.6. The van der Waals surface area contributed by atoms with Crippen LogP contribution in [0.2, 0.25) is 0 Å². The summed E-state index contributed by atoms with van der Waals surface area (Å²) in [5.74, 6) is -0.703. The molecule has 2 aromatic rings. The van der Waals surface area contributed by atoms with Crippen molar-refractivity contribution in [3.63, 3.8) is 0 Å². The van der Waals surface area contributed by atoms with Crippen LogP contribution in [0.4, 0.5) is 5.69 Å². The van der Waals surface area contributed by atoms with Crippen LogP contribution in [-0.2, 0) is 16.6 Å². The Bertz CT molecular complexity index is 999. The number of aromatic hydroxyl groups is 1. The number of phenolic OH excluding ortho intramolecular Hbond substituents is 1. The molecule has 0 fully saturated rings. The first kappa shape index (κ1) is 19.3. The van der Waals surface area contributed by atoms with Gasteiger partial charge in [0.2, 0.25) is 5.88 Å². The maximum absolute atomic E-state index is 12.1. The SMILES string of the molecule is CC(C)(CO)CCCc1ccc2cc(O)c(N3C=C(O)NS3(=O)=O)cc2c1. The quantitative estimate of drug-likeness (QED) is 0.604. The predicted molar refractivity (Wildman–Crippen MR) is 105 cm³/mol. The van der Waals surface area contributed by atoms with Crippen molar-refractivity contribution in [3.8, 4) is 5.75 Å². The number of benzene rings is 2. The molecule has 3 rings (SSSR count). The summed E-state index contributed by atoms with van der Waals surface area (Å²) >= 11 is 0. The van der Waals surface area contributed by atoms with Crippen molar-refractivity contribution in [3.05, 3.63) is 48.0 Å². The predicted octanol–water partition coefficient (Wildman–Crippen LogP) is 2.90. The summed E-state index contributed by atoms with van der Waals surface area (Å²) in [6.45, 7) is 4.19. The zero-order chi connectivity index (χ0) is 19.8. The molecule has 146 valence electrons. The Labute approximate surface area is 158 Å². The molecule has 2 aromatic carbocycles. The fraction of sp³-hybridized carbons (Fsp3) is 0.368. The Morgan fingerprint density at radius 1 is 1.11 bits per heavy atom. The van der Waals surface area contributed by atoms with E-state index in [0.29, 0.717) is 0 Å². The molecule has 8 heteroatoms. The Morgan fingerprint density at radius 3 is 2.48 bits per heavy atom. The standard InChI is InChI=1S/C19H24N2O5S/c1-19(2,12-22)7-3-4-13-5-6-14-10-17(23)16(9-15(14)8-13)21-11-18(24)20-27(21,25)26/h5-6,8-11,20,22-24H,3-4,7,12H2,1-2H3. The van der Waals surface area contributed by atoms with Crippen molar-refractivity contribution in [1.29, 1.82) is 0 Å². The summed E-state index contributed by atoms with van der Waals surface area (Å²) in [4.78, 5) is 0. The highest BCUT2D eigenvalue weighted by molar-refractivity contribution is 7.91. The third-order valence-corrected chi connectivity index (χ3v) is 6.00. The van der Waals surface area contributed by atoms with Crippen molar-refractivity contribution in [1.82, 2.24) is 4.72 Å². The van der Waals surface area contributed by atoms with Gasteiger partial charge in [-0.1, -0.05) is 32.0 Å². The van der Waals surface area contributed by atoms with E-state index in [1.165, 1.54) is 6.07 Å². The number of phenols is 1. The molecule has 0 aromatic heterocycles. The van der Waals surface area contributed by atoms with Gasteiger partial charge in [-0.25, -0.2) is 9.03 Å². The summed E-state index contributed by atoms with van der Waals surface area (Å²) in [6, 6.07) is 8.91. The summed E-state index contributed by atoms with van der Waals surface area (Å²) in [7, 11) is -3.97. The molecule has 1 aliphatic rings. The monoisotopic (exact) mass is 392 g/mol. The number of anilines is 1. The first-order chi connectivity index (χ1) is 12.6. The third kappa shape index (κ3) is 4.12. The van der Waals surface area contributed by atoms with Crippen molar-refractivity contribution in [2.45, 2.75) is 33.1 Å². The number of fused-ring (bicyclic) bond motifs is 1. The molecule has 0 amide bonds. The average Bonchev–Trinajstić information content (AvgIpc) is 2.86. The lowest BCUT2D eigenvalue weighted by molar-refractivity contribution is 0.148. The maximum atomic E-state index is 12.1. The van der Waals surface area contributed by atoms with E-state index in [2.05, 4.69) is 0 Å². The number of rotatable bonds is 6. The fourth-order valence-electron chi connectivity index (χ4n) is 3.09. The molecule has 0 unspecified atom stereocenters. The van der Waals surface area contributed by atoms with E-state index in [4.69, 9.17) is 0 Å². The summed E-state index contributed by atoms with van der Waals surface area (Å²) in [6.07, 6.45) is 3.66. The van der Waals surface area contributed by atoms with E-state index in [9.17, 15) is 23.7 Å². The van der Waals surface area contributed by atoms with E-state index in [0.717, 1.165) is 46.1 Å². The second-order valence-electron chi connectivity index (χ2n) is 7.62. The minimum absolute atomic E-state index is 0.0672. The molecular weight excluding hydrogens is 368 g/mol. The Hall–Kier alpha value is -2.45. The molecule has 0 saturated heterocycles. The highest BCUT2D eigenvalue weighted by Crippen LogP contribution is 2.36. The number of aryl methyl sites for hydroxylation is 1. The van der Waals surface area contributed by atoms with Gasteiger partial charge in [-0.15, -0.1) is 0 Å². The van der Waals surface area contributed by atoms with Gasteiger partial charge in [0.25, 0.3) is 0 Å². The van der Waals surface area contributed by atoms with Gasteiger partial charge in [0, 0.05) is 6.61 Å². The van der Waals surface area contributed by atoms with Crippen molar-refractivity contribution in [2.24, 2.45) is 5.41 Å². The second-order valence-corrected chi connectivity index (χ2v) is 9.16. The minimum atomic E-state index is -3.97. The van der Waals surface area contributed by atoms with Gasteiger partial charge < -0.3 is 15.3 Å². The lowest BCUT2D eigenvalue weighted by Gasteiger charge is -2.21. The summed E-state index contributed by atoms with van der Waals surface area (Å²) < 4.78 is 26.9. The number of nitrogens with one attached hydrogen (secondary N) is 1. The van der Waals surface area contributed by atoms with E-state index in [-0.39, 0.29) is 23.5 Å². The number of aliphatic hydroxyl groups is 2. The van der Waals surface area contributed by atoms with Gasteiger partial charge in [0.1, 0.15) is 11.4 Å². The molecule has 1 heterocycles. The van der Waals surface area contributed by atoms with Gasteiger partial charge in [0.05, 0.1) is 6.20 Å². The van der Waals surface area contributed by atoms with Crippen molar-refractivity contribution in [2.75, 3.05) is 10.9 Å². The largest absolute Gasteiger partial charge is 0.506 e. The third-order valence-electron chi connectivity index (χ3n) is 4.71. The Morgan fingerprint density at radius 2 is 1.85 bits per heavy atom. The van der Waals surface area contributed by atoms with Crippen LogP contribution in [0.15, 0.2) is 42.4 Å². The van der Waals surface area contributed by atoms with Gasteiger partial charge in [-0.05, 0) is 53.1 Å². The Kier molecular flexibility index (Phi) is 4.96. The minimum Gasteiger partial charge on any atom is -0.506 e. The van der Waals surface area contributed by atoms with Gasteiger partial charge in [-0.3, -0.25) is 0 Å². The first-order valence-corrected chi connectivity index (χ1v) is 10.1. The number of hydrogen-bond donors (Lipinski definition) is 4. The molecule has 4 N–H and O–H groups in total. The molecule has 0 bridgehead atoms. The van der Waals surface area contributed by atoms with Crippen LogP contribution in [0.1, 0.15) is 32.3 Å². The number of aliphatic hydroxyl groups excluding tert-OH is 2. The lowest BCUT2D eigenvalue weighted by atomic mass is 9.87. The highest BCUT2D eigenvalue weighted by Gasteiger charge is 2.30. The van der Waals surface area contributed by atoms with Crippen molar-refractivity contribution < 1.29 is 23.7 Å². The smallest absolute Gasteiger partial charge is 0.330 e. The number of hydrogen-bond acceptors (Lipinski definition) is 5. The van der Waals surface area contributed by atoms with Crippen molar-refractivity contribution >= 4 is 26.7 Å². The van der Waals surface area contributed by atoms with Crippen LogP contribution in [0.25, 0.3) is 10.8 Å². The van der Waals surface area contributed by atoms with Crippen LogP contribution in [-0.4, -0.2) is 30.3 Å². The zero-order valence-corrected chi connectivity index (χ0v) is 16.1. The normalized spacial score (nSPS) is 16.4. The second kappa shape index (κ2) is 6.94. The van der Waals surface area contributed by atoms with Crippen LogP contribution in [0.3, 0.4) is 0 Å². The van der Waals surface area contributed by atoms with Crippen LogP contribution < -0.4 is 9.03 Å². The molecule has 7 nitrogen and oxygen atoms in total. The van der Waals surface area contributed by atoms with Gasteiger partial charge in [-0.2, -0.15) is 8.42 Å². The fourth-order valence-corrected chi connectivity index (χ4v) is 4.15. The molecule has 0 radical (unpaired) electrons. The topological polar surface area (TPSA) is 110 Å². The Balaban J connectivity index is 1.89. The van der Waals surface area contributed by atoms with Crippen LogP contribution in [0.5, 0.6) is 5.75 Å². The van der Waals surface area contributed by atoms with Crippen LogP contribution in [0, 0.1) is 5.41 Å². The molecule has 0 atom stereocenters. The molecule has 0 saturated carbocycles. The molecule has 1 aliphatic heterocycles. The van der Waals surface area contributed by atoms with E-state index in [1.54, 1.807) is 6.07 Å². The highest BCUT2D eigenvalue weighted by atomic mass is 32.2. The molecular formula is C19H24N2O5S. The maximum Gasteiger partial charge on any atom is 0.330 e. The molecule has 0 aliphatic carbocycles.